The van der Waals surface area contributed by atoms with Crippen LogP contribution in [0.3, 0.4) is 0 Å². The molecule has 0 aromatic rings. The summed E-state index contributed by atoms with van der Waals surface area (Å²) in [6.07, 6.45) is 16.2. The lowest BCUT2D eigenvalue weighted by Gasteiger charge is -2.11. The van der Waals surface area contributed by atoms with Crippen molar-refractivity contribution in [1.29, 1.82) is 0 Å². The molecule has 0 heterocycles. The van der Waals surface area contributed by atoms with Crippen molar-refractivity contribution in [2.45, 2.75) is 103 Å². The Labute approximate surface area is 132 Å². The topological polar surface area (TPSA) is 55.1 Å². The number of rotatable bonds is 15. The lowest BCUT2D eigenvalue weighted by Crippen LogP contribution is -2.40. The first-order valence-corrected chi connectivity index (χ1v) is 9.25. The number of carbonyl (C=O) groups excluding carboxylic acids is 1. The fourth-order valence-electron chi connectivity index (χ4n) is 2.51. The first-order valence-electron chi connectivity index (χ1n) is 9.25. The van der Waals surface area contributed by atoms with E-state index in [1.165, 1.54) is 57.8 Å². The van der Waals surface area contributed by atoms with Gasteiger partial charge in [0.25, 0.3) is 0 Å². The van der Waals surface area contributed by atoms with Crippen LogP contribution in [0.4, 0.5) is 0 Å². The van der Waals surface area contributed by atoms with Crippen molar-refractivity contribution in [1.82, 2.24) is 5.32 Å². The number of nitrogens with two attached hydrogens (primary N) is 1. The van der Waals surface area contributed by atoms with Crippen LogP contribution in [-0.4, -0.2) is 18.5 Å². The van der Waals surface area contributed by atoms with E-state index in [2.05, 4.69) is 19.2 Å². The van der Waals surface area contributed by atoms with Gasteiger partial charge in [0, 0.05) is 6.54 Å². The molecule has 3 heteroatoms. The van der Waals surface area contributed by atoms with Gasteiger partial charge < -0.3 is 11.1 Å². The van der Waals surface area contributed by atoms with Crippen molar-refractivity contribution < 1.29 is 4.79 Å². The van der Waals surface area contributed by atoms with E-state index >= 15 is 0 Å². The van der Waals surface area contributed by atoms with Gasteiger partial charge in [-0.25, -0.2) is 0 Å². The number of nitrogens with one attached hydrogen (secondary N) is 1. The van der Waals surface area contributed by atoms with E-state index in [0.717, 1.165) is 32.2 Å². The largest absolute Gasteiger partial charge is 0.355 e. The molecule has 0 aliphatic heterocycles. The van der Waals surface area contributed by atoms with Gasteiger partial charge >= 0.3 is 0 Å². The molecule has 0 saturated heterocycles. The molecule has 0 fully saturated rings. The number of carbonyl (C=O) groups is 1. The number of hydrogen-bond donors (Lipinski definition) is 2. The molecule has 3 nitrogen and oxygen atoms in total. The maximum Gasteiger partial charge on any atom is 0.236 e. The van der Waals surface area contributed by atoms with E-state index < -0.39 is 0 Å². The van der Waals surface area contributed by atoms with E-state index in [9.17, 15) is 4.79 Å². The smallest absolute Gasteiger partial charge is 0.236 e. The molecule has 126 valence electrons. The molecule has 1 unspecified atom stereocenters. The van der Waals surface area contributed by atoms with Gasteiger partial charge in [0.15, 0.2) is 0 Å². The quantitative estimate of drug-likeness (QED) is 0.436. The maximum absolute atomic E-state index is 11.7. The molecule has 0 radical (unpaired) electrons. The molecule has 1 amide bonds. The minimum Gasteiger partial charge on any atom is -0.355 e. The van der Waals surface area contributed by atoms with Gasteiger partial charge in [0.05, 0.1) is 6.04 Å². The van der Waals surface area contributed by atoms with Crippen molar-refractivity contribution in [2.75, 3.05) is 6.54 Å². The third-order valence-electron chi connectivity index (χ3n) is 4.04. The lowest BCUT2D eigenvalue weighted by molar-refractivity contribution is -0.122. The molecular weight excluding hydrogens is 260 g/mol. The van der Waals surface area contributed by atoms with Gasteiger partial charge in [-0.1, -0.05) is 84.5 Å². The monoisotopic (exact) mass is 298 g/mol. The minimum atomic E-state index is -0.312. The van der Waals surface area contributed by atoms with Crippen LogP contribution >= 0.6 is 0 Å². The summed E-state index contributed by atoms with van der Waals surface area (Å²) in [4.78, 5) is 11.7. The highest BCUT2D eigenvalue weighted by Gasteiger charge is 2.11. The zero-order valence-electron chi connectivity index (χ0n) is 14.5. The van der Waals surface area contributed by atoms with Crippen molar-refractivity contribution in [2.24, 2.45) is 5.73 Å². The molecule has 3 N–H and O–H groups in total. The zero-order chi connectivity index (χ0) is 15.8. The van der Waals surface area contributed by atoms with Crippen LogP contribution in [0.25, 0.3) is 0 Å². The average molecular weight is 299 g/mol. The zero-order valence-corrected chi connectivity index (χ0v) is 14.5. The number of hydrogen-bond acceptors (Lipinski definition) is 2. The van der Waals surface area contributed by atoms with Crippen LogP contribution in [0.5, 0.6) is 0 Å². The van der Waals surface area contributed by atoms with Gasteiger partial charge in [-0.3, -0.25) is 4.79 Å². The number of unbranched alkanes of at least 4 members (excludes halogenated alkanes) is 10. The standard InChI is InChI=1S/C18H38N2O/c1-3-5-7-8-9-10-11-12-13-14-16-20-18(21)17(19)15-6-4-2/h17H,3-16,19H2,1-2H3,(H,20,21). The average Bonchev–Trinajstić information content (AvgIpc) is 2.49. The van der Waals surface area contributed by atoms with E-state index in [0.29, 0.717) is 0 Å². The molecule has 0 saturated carbocycles. The van der Waals surface area contributed by atoms with Crippen molar-refractivity contribution in [3.63, 3.8) is 0 Å². The van der Waals surface area contributed by atoms with Crippen LogP contribution in [0.15, 0.2) is 0 Å². The predicted molar refractivity (Wildman–Crippen MR) is 92.4 cm³/mol. The summed E-state index contributed by atoms with van der Waals surface area (Å²) in [6.45, 7) is 5.17. The molecule has 0 aliphatic carbocycles. The Bertz CT molecular complexity index is 231. The van der Waals surface area contributed by atoms with Crippen LogP contribution < -0.4 is 11.1 Å². The second-order valence-corrected chi connectivity index (χ2v) is 6.22. The molecule has 0 aliphatic rings. The molecule has 0 aromatic carbocycles. The van der Waals surface area contributed by atoms with Crippen molar-refractivity contribution in [3.8, 4) is 0 Å². The molecule has 0 spiro atoms. The highest BCUT2D eigenvalue weighted by atomic mass is 16.2. The maximum atomic E-state index is 11.7. The highest BCUT2D eigenvalue weighted by molar-refractivity contribution is 5.81. The SMILES string of the molecule is CCCCCCCCCCCCNC(=O)C(N)CCCC. The van der Waals surface area contributed by atoms with E-state index in [4.69, 9.17) is 5.73 Å². The third kappa shape index (κ3) is 14.1. The normalized spacial score (nSPS) is 12.3. The number of amides is 1. The van der Waals surface area contributed by atoms with Crippen LogP contribution in [0.1, 0.15) is 97.3 Å². The first-order chi connectivity index (χ1) is 10.2. The Morgan fingerprint density at radius 2 is 1.29 bits per heavy atom. The summed E-state index contributed by atoms with van der Waals surface area (Å²) < 4.78 is 0. The van der Waals surface area contributed by atoms with Crippen molar-refractivity contribution in [3.05, 3.63) is 0 Å². The minimum absolute atomic E-state index is 0.0272. The summed E-state index contributed by atoms with van der Waals surface area (Å²) in [7, 11) is 0. The third-order valence-corrected chi connectivity index (χ3v) is 4.04. The highest BCUT2D eigenvalue weighted by Crippen LogP contribution is 2.10. The van der Waals surface area contributed by atoms with Gasteiger partial charge in [-0.15, -0.1) is 0 Å². The van der Waals surface area contributed by atoms with Crippen LogP contribution in [-0.2, 0) is 4.79 Å². The second kappa shape index (κ2) is 15.8. The van der Waals surface area contributed by atoms with Crippen LogP contribution in [0, 0.1) is 0 Å². The van der Waals surface area contributed by atoms with Gasteiger partial charge in [0.2, 0.25) is 5.91 Å². The summed E-state index contributed by atoms with van der Waals surface area (Å²) in [5.41, 5.74) is 5.82. The summed E-state index contributed by atoms with van der Waals surface area (Å²) in [5, 5.41) is 2.95. The molecule has 0 rings (SSSR count). The van der Waals surface area contributed by atoms with E-state index in [1.54, 1.807) is 0 Å². The molecule has 0 aromatic heterocycles. The first kappa shape index (κ1) is 20.4. The fourth-order valence-corrected chi connectivity index (χ4v) is 2.51. The van der Waals surface area contributed by atoms with E-state index in [-0.39, 0.29) is 11.9 Å². The Morgan fingerprint density at radius 3 is 1.81 bits per heavy atom. The summed E-state index contributed by atoms with van der Waals surface area (Å²) in [6, 6.07) is -0.312. The summed E-state index contributed by atoms with van der Waals surface area (Å²) >= 11 is 0. The van der Waals surface area contributed by atoms with E-state index in [1.807, 2.05) is 0 Å². The van der Waals surface area contributed by atoms with Crippen LogP contribution in [0.2, 0.25) is 0 Å². The molecule has 0 bridgehead atoms. The Kier molecular flexibility index (Phi) is 15.4. The van der Waals surface area contributed by atoms with Gasteiger partial charge in [0.1, 0.15) is 0 Å². The van der Waals surface area contributed by atoms with Gasteiger partial charge in [-0.2, -0.15) is 0 Å². The molecule has 1 atom stereocenters. The fraction of sp³-hybridized carbons (Fsp3) is 0.944. The second-order valence-electron chi connectivity index (χ2n) is 6.22. The molecular formula is C18H38N2O. The predicted octanol–water partition coefficient (Wildman–Crippen LogP) is 4.54. The summed E-state index contributed by atoms with van der Waals surface area (Å²) in [5.74, 6) is 0.0272. The Morgan fingerprint density at radius 1 is 0.810 bits per heavy atom. The lowest BCUT2D eigenvalue weighted by atomic mass is 10.1. The Balaban J connectivity index is 3.23. The molecule has 21 heavy (non-hydrogen) atoms. The Hall–Kier alpha value is -0.570. The van der Waals surface area contributed by atoms with Crippen molar-refractivity contribution >= 4 is 5.91 Å². The van der Waals surface area contributed by atoms with Gasteiger partial charge in [-0.05, 0) is 12.8 Å².